The Labute approximate surface area is 84.8 Å². The fraction of sp³-hybridized carbons (Fsp3) is 1.00. The fourth-order valence-corrected chi connectivity index (χ4v) is 2.41. The maximum atomic E-state index is 14.2. The van der Waals surface area contributed by atoms with Crippen LogP contribution in [0.2, 0.25) is 0 Å². The van der Waals surface area contributed by atoms with Crippen LogP contribution in [0.4, 0.5) is 4.39 Å². The Morgan fingerprint density at radius 2 is 1.50 bits per heavy atom. The Morgan fingerprint density at radius 1 is 1.00 bits per heavy atom. The first-order chi connectivity index (χ1) is 6.56. The second kappa shape index (κ2) is 3.46. The zero-order valence-electron chi connectivity index (χ0n) is 9.01. The summed E-state index contributed by atoms with van der Waals surface area (Å²) >= 11 is 0. The lowest BCUT2D eigenvalue weighted by molar-refractivity contribution is -0.197. The molecular formula is C11H19FO2. The van der Waals surface area contributed by atoms with E-state index in [0.29, 0.717) is 38.9 Å². The van der Waals surface area contributed by atoms with Gasteiger partial charge < -0.3 is 9.47 Å². The van der Waals surface area contributed by atoms with Gasteiger partial charge in [-0.3, -0.25) is 0 Å². The number of halogens is 1. The molecule has 0 bridgehead atoms. The van der Waals surface area contributed by atoms with Gasteiger partial charge >= 0.3 is 0 Å². The minimum atomic E-state index is -0.999. The first-order valence-electron chi connectivity index (χ1n) is 5.53. The lowest BCUT2D eigenvalue weighted by atomic mass is 9.76. The average Bonchev–Trinajstić information content (AvgIpc) is 2.60. The summed E-state index contributed by atoms with van der Waals surface area (Å²) in [5.74, 6) is -0.328. The predicted molar refractivity (Wildman–Crippen MR) is 51.8 cm³/mol. The lowest BCUT2D eigenvalue weighted by Crippen LogP contribution is -2.43. The van der Waals surface area contributed by atoms with Crippen molar-refractivity contribution in [3.63, 3.8) is 0 Å². The van der Waals surface area contributed by atoms with Gasteiger partial charge in [0.25, 0.3) is 0 Å². The van der Waals surface area contributed by atoms with Gasteiger partial charge in [0, 0.05) is 12.8 Å². The maximum Gasteiger partial charge on any atom is 0.168 e. The quantitative estimate of drug-likeness (QED) is 0.651. The molecule has 82 valence electrons. The molecule has 1 spiro atoms. The Hall–Kier alpha value is -0.150. The number of ether oxygens (including phenoxy) is 2. The number of rotatable bonds is 1. The van der Waals surface area contributed by atoms with Gasteiger partial charge in [-0.15, -0.1) is 0 Å². The van der Waals surface area contributed by atoms with Crippen molar-refractivity contribution in [2.45, 2.75) is 51.0 Å². The van der Waals surface area contributed by atoms with Crippen LogP contribution in [0.3, 0.4) is 0 Å². The molecule has 1 saturated carbocycles. The van der Waals surface area contributed by atoms with Crippen LogP contribution in [0.1, 0.15) is 39.5 Å². The minimum absolute atomic E-state index is 0.0984. The molecule has 0 aromatic rings. The smallest absolute Gasteiger partial charge is 0.168 e. The zero-order valence-corrected chi connectivity index (χ0v) is 9.01. The highest BCUT2D eigenvalue weighted by Crippen LogP contribution is 2.45. The Bertz CT molecular complexity index is 193. The minimum Gasteiger partial charge on any atom is -0.348 e. The van der Waals surface area contributed by atoms with Crippen LogP contribution in [0.15, 0.2) is 0 Å². The number of alkyl halides is 1. The van der Waals surface area contributed by atoms with Crippen molar-refractivity contribution in [3.8, 4) is 0 Å². The Kier molecular flexibility index (Phi) is 2.56. The highest BCUT2D eigenvalue weighted by Gasteiger charge is 2.47. The number of hydrogen-bond acceptors (Lipinski definition) is 2. The Balaban J connectivity index is 1.97. The van der Waals surface area contributed by atoms with E-state index < -0.39 is 11.5 Å². The zero-order chi connectivity index (χ0) is 10.2. The predicted octanol–water partition coefficient (Wildman–Crippen LogP) is 2.67. The third-order valence-corrected chi connectivity index (χ3v) is 3.69. The van der Waals surface area contributed by atoms with E-state index in [0.717, 1.165) is 0 Å². The SMILES string of the molecule is CC(C)C1(F)CCC2(CC1)OCCO2. The molecule has 1 aliphatic carbocycles. The molecule has 2 nitrogen and oxygen atoms in total. The largest absolute Gasteiger partial charge is 0.348 e. The standard InChI is InChI=1S/C11H19FO2/c1-9(2)10(12)3-5-11(6-4-10)13-7-8-14-11/h9H,3-8H2,1-2H3. The van der Waals surface area contributed by atoms with E-state index in [1.165, 1.54) is 0 Å². The van der Waals surface area contributed by atoms with Crippen LogP contribution in [0.5, 0.6) is 0 Å². The van der Waals surface area contributed by atoms with Gasteiger partial charge in [-0.05, 0) is 18.8 Å². The molecule has 1 heterocycles. The molecule has 2 rings (SSSR count). The lowest BCUT2D eigenvalue weighted by Gasteiger charge is -2.41. The first kappa shape index (κ1) is 10.4. The monoisotopic (exact) mass is 202 g/mol. The number of hydrogen-bond donors (Lipinski definition) is 0. The highest BCUT2D eigenvalue weighted by atomic mass is 19.1. The topological polar surface area (TPSA) is 18.5 Å². The van der Waals surface area contributed by atoms with Gasteiger partial charge in [0.15, 0.2) is 5.79 Å². The van der Waals surface area contributed by atoms with Crippen molar-refractivity contribution < 1.29 is 13.9 Å². The molecule has 0 N–H and O–H groups in total. The molecule has 2 aliphatic rings. The van der Waals surface area contributed by atoms with E-state index in [-0.39, 0.29) is 5.92 Å². The normalized spacial score (nSPS) is 30.0. The van der Waals surface area contributed by atoms with Crippen LogP contribution in [-0.4, -0.2) is 24.7 Å². The molecule has 0 aromatic heterocycles. The van der Waals surface area contributed by atoms with Crippen LogP contribution in [0.25, 0.3) is 0 Å². The van der Waals surface area contributed by atoms with Crippen LogP contribution < -0.4 is 0 Å². The summed E-state index contributed by atoms with van der Waals surface area (Å²) in [5, 5.41) is 0. The molecule has 2 fully saturated rings. The van der Waals surface area contributed by atoms with Crippen molar-refractivity contribution in [3.05, 3.63) is 0 Å². The summed E-state index contributed by atoms with van der Waals surface area (Å²) in [5.41, 5.74) is -0.999. The van der Waals surface area contributed by atoms with Crippen molar-refractivity contribution in [1.29, 1.82) is 0 Å². The molecule has 0 unspecified atom stereocenters. The molecule has 0 atom stereocenters. The summed E-state index contributed by atoms with van der Waals surface area (Å²) in [6.07, 6.45) is 2.57. The molecule has 1 saturated heterocycles. The summed E-state index contributed by atoms with van der Waals surface area (Å²) in [6.45, 7) is 5.24. The van der Waals surface area contributed by atoms with E-state index >= 15 is 0 Å². The fourth-order valence-electron chi connectivity index (χ4n) is 2.41. The highest BCUT2D eigenvalue weighted by molar-refractivity contribution is 4.93. The van der Waals surface area contributed by atoms with E-state index in [4.69, 9.17) is 9.47 Å². The van der Waals surface area contributed by atoms with E-state index in [9.17, 15) is 4.39 Å². The van der Waals surface area contributed by atoms with Crippen molar-refractivity contribution in [1.82, 2.24) is 0 Å². The van der Waals surface area contributed by atoms with Gasteiger partial charge in [0.1, 0.15) is 5.67 Å². The summed E-state index contributed by atoms with van der Waals surface area (Å²) < 4.78 is 25.4. The maximum absolute atomic E-state index is 14.2. The van der Waals surface area contributed by atoms with Crippen LogP contribution in [-0.2, 0) is 9.47 Å². The van der Waals surface area contributed by atoms with Crippen molar-refractivity contribution in [2.24, 2.45) is 5.92 Å². The molecule has 0 radical (unpaired) electrons. The average molecular weight is 202 g/mol. The van der Waals surface area contributed by atoms with Gasteiger partial charge in [-0.1, -0.05) is 13.8 Å². The Morgan fingerprint density at radius 3 is 1.93 bits per heavy atom. The van der Waals surface area contributed by atoms with Crippen LogP contribution >= 0.6 is 0 Å². The van der Waals surface area contributed by atoms with Crippen LogP contribution in [0, 0.1) is 5.92 Å². The van der Waals surface area contributed by atoms with Gasteiger partial charge in [-0.25, -0.2) is 4.39 Å². The summed E-state index contributed by atoms with van der Waals surface area (Å²) in [4.78, 5) is 0. The van der Waals surface area contributed by atoms with E-state index in [2.05, 4.69) is 0 Å². The van der Waals surface area contributed by atoms with E-state index in [1.807, 2.05) is 13.8 Å². The molecule has 3 heteroatoms. The second-order valence-corrected chi connectivity index (χ2v) is 4.80. The van der Waals surface area contributed by atoms with Crippen molar-refractivity contribution >= 4 is 0 Å². The van der Waals surface area contributed by atoms with Gasteiger partial charge in [0.2, 0.25) is 0 Å². The molecule has 1 aliphatic heterocycles. The third-order valence-electron chi connectivity index (χ3n) is 3.69. The summed E-state index contributed by atoms with van der Waals surface area (Å²) in [7, 11) is 0. The first-order valence-corrected chi connectivity index (χ1v) is 5.53. The molecule has 0 aromatic carbocycles. The third kappa shape index (κ3) is 1.68. The van der Waals surface area contributed by atoms with Gasteiger partial charge in [-0.2, -0.15) is 0 Å². The second-order valence-electron chi connectivity index (χ2n) is 4.80. The van der Waals surface area contributed by atoms with E-state index in [1.54, 1.807) is 0 Å². The molecule has 0 amide bonds. The summed E-state index contributed by atoms with van der Waals surface area (Å²) in [6, 6.07) is 0. The van der Waals surface area contributed by atoms with Gasteiger partial charge in [0.05, 0.1) is 13.2 Å². The molecule has 14 heavy (non-hydrogen) atoms. The van der Waals surface area contributed by atoms with Crippen molar-refractivity contribution in [2.75, 3.05) is 13.2 Å². The molecular weight excluding hydrogens is 183 g/mol.